The number of hydrogen-bond donors (Lipinski definition) is 1. The Morgan fingerprint density at radius 1 is 1.18 bits per heavy atom. The Morgan fingerprint density at radius 3 is 2.64 bits per heavy atom. The van der Waals surface area contributed by atoms with E-state index in [0.717, 1.165) is 0 Å². The molecule has 1 aromatic heterocycles. The van der Waals surface area contributed by atoms with Crippen LogP contribution in [-0.4, -0.2) is 28.3 Å². The SMILES string of the molecule is N#Cc1cnn(-c2ccccc2)c1NC(=O)COC(=O)c1cc(Cl)ccc1Cl. The van der Waals surface area contributed by atoms with Gasteiger partial charge < -0.3 is 10.1 Å². The van der Waals surface area contributed by atoms with Crippen molar-refractivity contribution in [1.29, 1.82) is 5.26 Å². The van der Waals surface area contributed by atoms with E-state index < -0.39 is 18.5 Å². The molecule has 2 aromatic carbocycles. The maximum atomic E-state index is 12.3. The molecule has 0 bridgehead atoms. The number of benzene rings is 2. The average molecular weight is 415 g/mol. The number of nitrogens with zero attached hydrogens (tertiary/aromatic N) is 3. The predicted molar refractivity (Wildman–Crippen MR) is 104 cm³/mol. The van der Waals surface area contributed by atoms with Gasteiger partial charge in [-0.2, -0.15) is 10.4 Å². The lowest BCUT2D eigenvalue weighted by Crippen LogP contribution is -2.23. The molecule has 3 rings (SSSR count). The summed E-state index contributed by atoms with van der Waals surface area (Å²) in [7, 11) is 0. The Balaban J connectivity index is 1.72. The van der Waals surface area contributed by atoms with Gasteiger partial charge in [-0.1, -0.05) is 41.4 Å². The largest absolute Gasteiger partial charge is 0.452 e. The first-order valence-electron chi connectivity index (χ1n) is 7.95. The summed E-state index contributed by atoms with van der Waals surface area (Å²) in [5.74, 6) is -1.25. The lowest BCUT2D eigenvalue weighted by atomic mass is 10.2. The summed E-state index contributed by atoms with van der Waals surface area (Å²) in [6, 6.07) is 15.3. The van der Waals surface area contributed by atoms with Gasteiger partial charge in [-0.05, 0) is 30.3 Å². The van der Waals surface area contributed by atoms with Crippen LogP contribution in [0.2, 0.25) is 10.0 Å². The zero-order valence-corrected chi connectivity index (χ0v) is 15.7. The van der Waals surface area contributed by atoms with Crippen molar-refractivity contribution >= 4 is 40.9 Å². The fraction of sp³-hybridized carbons (Fsp3) is 0.0526. The van der Waals surface area contributed by atoms with Crippen molar-refractivity contribution in [2.45, 2.75) is 0 Å². The molecule has 0 saturated carbocycles. The summed E-state index contributed by atoms with van der Waals surface area (Å²) in [5, 5.41) is 16.4. The molecule has 0 spiro atoms. The minimum absolute atomic E-state index is 0.0500. The van der Waals surface area contributed by atoms with Crippen LogP contribution >= 0.6 is 23.2 Å². The Bertz CT molecular complexity index is 1070. The number of para-hydroxylation sites is 1. The van der Waals surface area contributed by atoms with E-state index in [1.807, 2.05) is 12.1 Å². The lowest BCUT2D eigenvalue weighted by molar-refractivity contribution is -0.119. The summed E-state index contributed by atoms with van der Waals surface area (Å²) in [4.78, 5) is 24.4. The highest BCUT2D eigenvalue weighted by molar-refractivity contribution is 6.35. The van der Waals surface area contributed by atoms with E-state index in [2.05, 4.69) is 10.4 Å². The molecular formula is C19H12Cl2N4O3. The van der Waals surface area contributed by atoms with Crippen LogP contribution in [0, 0.1) is 11.3 Å². The van der Waals surface area contributed by atoms with Gasteiger partial charge in [0.1, 0.15) is 11.6 Å². The molecule has 0 aliphatic carbocycles. The third-order valence-electron chi connectivity index (χ3n) is 3.63. The van der Waals surface area contributed by atoms with Crippen molar-refractivity contribution in [2.24, 2.45) is 0 Å². The zero-order chi connectivity index (χ0) is 20.1. The van der Waals surface area contributed by atoms with Crippen LogP contribution in [0.5, 0.6) is 0 Å². The van der Waals surface area contributed by atoms with Crippen molar-refractivity contribution < 1.29 is 14.3 Å². The van der Waals surface area contributed by atoms with E-state index in [1.165, 1.54) is 29.1 Å². The molecule has 28 heavy (non-hydrogen) atoms. The smallest absolute Gasteiger partial charge is 0.340 e. The van der Waals surface area contributed by atoms with Crippen LogP contribution < -0.4 is 5.32 Å². The Morgan fingerprint density at radius 2 is 1.93 bits per heavy atom. The van der Waals surface area contributed by atoms with Gasteiger partial charge in [0.15, 0.2) is 12.4 Å². The second kappa shape index (κ2) is 8.57. The molecule has 0 unspecified atom stereocenters. The molecule has 0 aliphatic rings. The number of hydrogen-bond acceptors (Lipinski definition) is 5. The number of nitrogens with one attached hydrogen (secondary N) is 1. The molecule has 0 atom stereocenters. The Hall–Kier alpha value is -3.34. The number of anilines is 1. The number of aromatic nitrogens is 2. The maximum absolute atomic E-state index is 12.3. The van der Waals surface area contributed by atoms with E-state index in [9.17, 15) is 14.9 Å². The molecule has 9 heteroatoms. The number of carbonyl (C=O) groups is 2. The minimum Gasteiger partial charge on any atom is -0.452 e. The standard InChI is InChI=1S/C19H12Cl2N4O3/c20-13-6-7-16(21)15(8-13)19(27)28-11-17(26)24-18-12(9-22)10-23-25(18)14-4-2-1-3-5-14/h1-8,10H,11H2,(H,24,26). The highest BCUT2D eigenvalue weighted by atomic mass is 35.5. The predicted octanol–water partition coefficient (Wildman–Crippen LogP) is 3.85. The Labute approximate surface area is 170 Å². The first-order chi connectivity index (χ1) is 13.5. The van der Waals surface area contributed by atoms with Gasteiger partial charge >= 0.3 is 5.97 Å². The molecule has 1 amide bonds. The third kappa shape index (κ3) is 4.31. The summed E-state index contributed by atoms with van der Waals surface area (Å²) in [5.41, 5.74) is 0.873. The highest BCUT2D eigenvalue weighted by Crippen LogP contribution is 2.22. The molecule has 1 N–H and O–H groups in total. The average Bonchev–Trinajstić information content (AvgIpc) is 3.11. The number of ether oxygens (including phenoxy) is 1. The maximum Gasteiger partial charge on any atom is 0.340 e. The monoisotopic (exact) mass is 414 g/mol. The van der Waals surface area contributed by atoms with Gasteiger partial charge in [0.25, 0.3) is 5.91 Å². The van der Waals surface area contributed by atoms with Crippen molar-refractivity contribution in [3.63, 3.8) is 0 Å². The van der Waals surface area contributed by atoms with Crippen molar-refractivity contribution in [3.8, 4) is 11.8 Å². The number of esters is 1. The first kappa shape index (κ1) is 19.4. The molecule has 7 nitrogen and oxygen atoms in total. The summed E-state index contributed by atoms with van der Waals surface area (Å²) in [6.45, 7) is -0.577. The molecule has 3 aromatic rings. The van der Waals surface area contributed by atoms with Crippen LogP contribution in [0.3, 0.4) is 0 Å². The van der Waals surface area contributed by atoms with Crippen LogP contribution in [0.15, 0.2) is 54.7 Å². The van der Waals surface area contributed by atoms with Crippen molar-refractivity contribution in [3.05, 3.63) is 75.9 Å². The topological polar surface area (TPSA) is 97.0 Å². The van der Waals surface area contributed by atoms with Crippen molar-refractivity contribution in [2.75, 3.05) is 11.9 Å². The van der Waals surface area contributed by atoms with Crippen LogP contribution in [0.1, 0.15) is 15.9 Å². The van der Waals surface area contributed by atoms with Gasteiger partial charge in [0, 0.05) is 5.02 Å². The summed E-state index contributed by atoms with van der Waals surface area (Å²) < 4.78 is 6.40. The van der Waals surface area contributed by atoms with Gasteiger partial charge in [-0.3, -0.25) is 4.79 Å². The number of rotatable bonds is 5. The summed E-state index contributed by atoms with van der Waals surface area (Å²) in [6.07, 6.45) is 1.33. The van der Waals surface area contributed by atoms with Crippen LogP contribution in [-0.2, 0) is 9.53 Å². The quantitative estimate of drug-likeness (QED) is 0.639. The number of carbonyl (C=O) groups excluding carboxylic acids is 2. The van der Waals surface area contributed by atoms with E-state index in [0.29, 0.717) is 10.7 Å². The molecule has 0 saturated heterocycles. The van der Waals surface area contributed by atoms with Crippen molar-refractivity contribution in [1.82, 2.24) is 9.78 Å². The normalized spacial score (nSPS) is 10.2. The lowest BCUT2D eigenvalue weighted by Gasteiger charge is -2.10. The fourth-order valence-electron chi connectivity index (χ4n) is 2.35. The van der Waals surface area contributed by atoms with E-state index in [4.69, 9.17) is 27.9 Å². The van der Waals surface area contributed by atoms with Gasteiger partial charge in [0.05, 0.1) is 22.5 Å². The highest BCUT2D eigenvalue weighted by Gasteiger charge is 2.18. The molecule has 0 radical (unpaired) electrons. The number of amides is 1. The van der Waals surface area contributed by atoms with Gasteiger partial charge in [-0.15, -0.1) is 0 Å². The van der Waals surface area contributed by atoms with E-state index in [1.54, 1.807) is 24.3 Å². The first-order valence-corrected chi connectivity index (χ1v) is 8.70. The van der Waals surface area contributed by atoms with Crippen LogP contribution in [0.25, 0.3) is 5.69 Å². The van der Waals surface area contributed by atoms with Gasteiger partial charge in [-0.25, -0.2) is 9.48 Å². The number of nitriles is 1. The minimum atomic E-state index is -0.792. The molecule has 0 aliphatic heterocycles. The molecule has 140 valence electrons. The Kier molecular flexibility index (Phi) is 5.94. The van der Waals surface area contributed by atoms with E-state index in [-0.39, 0.29) is 22.0 Å². The molecule has 1 heterocycles. The van der Waals surface area contributed by atoms with Crippen LogP contribution in [0.4, 0.5) is 5.82 Å². The van der Waals surface area contributed by atoms with E-state index >= 15 is 0 Å². The third-order valence-corrected chi connectivity index (χ3v) is 4.20. The second-order valence-corrected chi connectivity index (χ2v) is 6.36. The fourth-order valence-corrected chi connectivity index (χ4v) is 2.71. The molecular weight excluding hydrogens is 403 g/mol. The zero-order valence-electron chi connectivity index (χ0n) is 14.2. The summed E-state index contributed by atoms with van der Waals surface area (Å²) >= 11 is 11.8. The number of halogens is 2. The molecule has 0 fully saturated rings. The second-order valence-electron chi connectivity index (χ2n) is 5.51. The van der Waals surface area contributed by atoms with Gasteiger partial charge in [0.2, 0.25) is 0 Å².